The van der Waals surface area contributed by atoms with Crippen molar-refractivity contribution in [3.05, 3.63) is 22.3 Å². The summed E-state index contributed by atoms with van der Waals surface area (Å²) in [6.07, 6.45) is 4.28. The number of nitrogens with two attached hydrogens (primary N) is 1. The molecule has 78 valence electrons. The van der Waals surface area contributed by atoms with Crippen LogP contribution in [0.3, 0.4) is 0 Å². The Labute approximate surface area is 90.9 Å². The van der Waals surface area contributed by atoms with Crippen LogP contribution in [0.15, 0.2) is 11.7 Å². The third-order valence-corrected chi connectivity index (χ3v) is 3.32. The topological polar surface area (TPSA) is 69.6 Å². The fourth-order valence-corrected chi connectivity index (χ4v) is 2.27. The molecule has 3 rings (SSSR count). The Morgan fingerprint density at radius 1 is 1.53 bits per heavy atom. The van der Waals surface area contributed by atoms with Gasteiger partial charge in [0.1, 0.15) is 0 Å². The predicted molar refractivity (Wildman–Crippen MR) is 57.6 cm³/mol. The smallest absolute Gasteiger partial charge is 0.169 e. The highest BCUT2D eigenvalue weighted by molar-refractivity contribution is 7.09. The highest BCUT2D eigenvalue weighted by atomic mass is 32.1. The number of thiazole rings is 1. The van der Waals surface area contributed by atoms with Crippen molar-refractivity contribution >= 4 is 17.2 Å². The average Bonchev–Trinajstić information content (AvgIpc) is 2.80. The molecule has 0 saturated heterocycles. The first-order chi connectivity index (χ1) is 7.34. The molecule has 0 amide bonds. The van der Waals surface area contributed by atoms with E-state index < -0.39 is 0 Å². The third-order valence-electron chi connectivity index (χ3n) is 2.55. The van der Waals surface area contributed by atoms with Crippen molar-refractivity contribution in [2.75, 3.05) is 5.73 Å². The zero-order valence-corrected chi connectivity index (χ0v) is 8.94. The molecule has 1 fully saturated rings. The number of hydrogen-bond donors (Lipinski definition) is 1. The van der Waals surface area contributed by atoms with Gasteiger partial charge in [-0.2, -0.15) is 0 Å². The summed E-state index contributed by atoms with van der Waals surface area (Å²) in [5.74, 6) is 1.16. The highest BCUT2D eigenvalue weighted by Crippen LogP contribution is 2.42. The van der Waals surface area contributed by atoms with Gasteiger partial charge in [-0.25, -0.2) is 4.68 Å². The monoisotopic (exact) mass is 221 g/mol. The lowest BCUT2D eigenvalue weighted by molar-refractivity contribution is 0.624. The van der Waals surface area contributed by atoms with E-state index in [2.05, 4.69) is 15.3 Å². The van der Waals surface area contributed by atoms with E-state index in [4.69, 9.17) is 5.73 Å². The summed E-state index contributed by atoms with van der Waals surface area (Å²) >= 11 is 1.63. The molecule has 1 saturated carbocycles. The first kappa shape index (κ1) is 8.84. The molecule has 1 aliphatic rings. The molecule has 0 spiro atoms. The number of aromatic nitrogens is 4. The largest absolute Gasteiger partial charge is 0.381 e. The lowest BCUT2D eigenvalue weighted by Gasteiger charge is -2.02. The maximum absolute atomic E-state index is 5.80. The van der Waals surface area contributed by atoms with Gasteiger partial charge in [-0.15, -0.1) is 16.4 Å². The van der Waals surface area contributed by atoms with Crippen molar-refractivity contribution in [3.8, 4) is 0 Å². The summed E-state index contributed by atoms with van der Waals surface area (Å²) in [7, 11) is 0. The van der Waals surface area contributed by atoms with E-state index >= 15 is 0 Å². The molecule has 15 heavy (non-hydrogen) atoms. The molecule has 5 nitrogen and oxygen atoms in total. The lowest BCUT2D eigenvalue weighted by atomic mass is 10.3. The molecule has 0 bridgehead atoms. The Morgan fingerprint density at radius 3 is 3.07 bits per heavy atom. The van der Waals surface area contributed by atoms with Gasteiger partial charge in [0.2, 0.25) is 0 Å². The standard InChI is InChI=1S/C9H11N5S/c10-9-8(6-1-2-6)14(13-12-9)4-7-3-11-5-15-7/h3,5-6H,1-2,4,10H2. The SMILES string of the molecule is Nc1nnn(Cc2cncs2)c1C1CC1. The molecule has 0 aromatic carbocycles. The van der Waals surface area contributed by atoms with E-state index in [0.29, 0.717) is 11.7 Å². The van der Waals surface area contributed by atoms with E-state index in [0.717, 1.165) is 12.2 Å². The van der Waals surface area contributed by atoms with Crippen molar-refractivity contribution in [1.29, 1.82) is 0 Å². The maximum atomic E-state index is 5.80. The Bertz CT molecular complexity index is 457. The first-order valence-corrected chi connectivity index (χ1v) is 5.79. The van der Waals surface area contributed by atoms with Crippen molar-refractivity contribution in [2.45, 2.75) is 25.3 Å². The van der Waals surface area contributed by atoms with Gasteiger partial charge < -0.3 is 5.73 Å². The van der Waals surface area contributed by atoms with E-state index in [1.165, 1.54) is 17.7 Å². The molecule has 0 unspecified atom stereocenters. The summed E-state index contributed by atoms with van der Waals surface area (Å²) < 4.78 is 1.90. The number of rotatable bonds is 3. The summed E-state index contributed by atoms with van der Waals surface area (Å²) in [5.41, 5.74) is 8.73. The molecule has 1 aliphatic carbocycles. The van der Waals surface area contributed by atoms with Crippen LogP contribution < -0.4 is 5.73 Å². The molecular formula is C9H11N5S. The fraction of sp³-hybridized carbons (Fsp3) is 0.444. The van der Waals surface area contributed by atoms with Crippen LogP contribution in [0.5, 0.6) is 0 Å². The summed E-state index contributed by atoms with van der Waals surface area (Å²) in [6, 6.07) is 0. The van der Waals surface area contributed by atoms with E-state index in [-0.39, 0.29) is 0 Å². The zero-order chi connectivity index (χ0) is 10.3. The highest BCUT2D eigenvalue weighted by Gasteiger charge is 2.30. The number of hydrogen-bond acceptors (Lipinski definition) is 5. The van der Waals surface area contributed by atoms with Crippen molar-refractivity contribution in [3.63, 3.8) is 0 Å². The van der Waals surface area contributed by atoms with Crippen LogP contribution in [-0.2, 0) is 6.54 Å². The lowest BCUT2D eigenvalue weighted by Crippen LogP contribution is -2.05. The van der Waals surface area contributed by atoms with Crippen molar-refractivity contribution < 1.29 is 0 Å². The maximum Gasteiger partial charge on any atom is 0.169 e. The molecule has 0 aliphatic heterocycles. The van der Waals surface area contributed by atoms with Gasteiger partial charge in [0.15, 0.2) is 5.82 Å². The quantitative estimate of drug-likeness (QED) is 0.846. The summed E-state index contributed by atoms with van der Waals surface area (Å²) in [5, 5.41) is 8.01. The van der Waals surface area contributed by atoms with Crippen LogP contribution in [0.25, 0.3) is 0 Å². The minimum absolute atomic E-state index is 0.577. The number of nitrogens with zero attached hydrogens (tertiary/aromatic N) is 4. The molecule has 2 aromatic rings. The van der Waals surface area contributed by atoms with Gasteiger partial charge in [0.05, 0.1) is 17.7 Å². The molecule has 2 heterocycles. The fourth-order valence-electron chi connectivity index (χ4n) is 1.70. The van der Waals surface area contributed by atoms with Gasteiger partial charge in [0, 0.05) is 17.0 Å². The Hall–Kier alpha value is -1.43. The number of nitrogen functional groups attached to an aromatic ring is 1. The second-order valence-electron chi connectivity index (χ2n) is 3.76. The Kier molecular flexibility index (Phi) is 1.95. The van der Waals surface area contributed by atoms with Crippen molar-refractivity contribution in [2.24, 2.45) is 0 Å². The molecule has 0 atom stereocenters. The van der Waals surface area contributed by atoms with E-state index in [1.807, 2.05) is 16.4 Å². The van der Waals surface area contributed by atoms with Crippen LogP contribution >= 0.6 is 11.3 Å². The average molecular weight is 221 g/mol. The van der Waals surface area contributed by atoms with Crippen molar-refractivity contribution in [1.82, 2.24) is 20.0 Å². The summed E-state index contributed by atoms with van der Waals surface area (Å²) in [4.78, 5) is 5.22. The molecule has 6 heteroatoms. The van der Waals surface area contributed by atoms with Gasteiger partial charge in [-0.1, -0.05) is 5.21 Å². The van der Waals surface area contributed by atoms with E-state index in [9.17, 15) is 0 Å². The van der Waals surface area contributed by atoms with Gasteiger partial charge in [0.25, 0.3) is 0 Å². The van der Waals surface area contributed by atoms with Crippen LogP contribution in [0.4, 0.5) is 5.82 Å². The Morgan fingerprint density at radius 2 is 2.40 bits per heavy atom. The van der Waals surface area contributed by atoms with Gasteiger partial charge >= 0.3 is 0 Å². The van der Waals surface area contributed by atoms with E-state index in [1.54, 1.807) is 11.3 Å². The summed E-state index contributed by atoms with van der Waals surface area (Å²) in [6.45, 7) is 0.737. The van der Waals surface area contributed by atoms with Crippen LogP contribution in [0, 0.1) is 0 Å². The zero-order valence-electron chi connectivity index (χ0n) is 8.13. The third kappa shape index (κ3) is 1.61. The van der Waals surface area contributed by atoms with Crippen LogP contribution in [0.1, 0.15) is 29.3 Å². The molecular weight excluding hydrogens is 210 g/mol. The molecule has 0 radical (unpaired) electrons. The van der Waals surface area contributed by atoms with Crippen LogP contribution in [0.2, 0.25) is 0 Å². The second-order valence-corrected chi connectivity index (χ2v) is 4.73. The van der Waals surface area contributed by atoms with Gasteiger partial charge in [-0.05, 0) is 12.8 Å². The Balaban J connectivity index is 1.91. The first-order valence-electron chi connectivity index (χ1n) is 4.91. The second kappa shape index (κ2) is 3.30. The van der Waals surface area contributed by atoms with Crippen LogP contribution in [-0.4, -0.2) is 20.0 Å². The normalized spacial score (nSPS) is 15.7. The van der Waals surface area contributed by atoms with Gasteiger partial charge in [-0.3, -0.25) is 4.98 Å². The number of anilines is 1. The molecule has 2 N–H and O–H groups in total. The minimum Gasteiger partial charge on any atom is -0.381 e. The molecule has 2 aromatic heterocycles. The minimum atomic E-state index is 0.577. The predicted octanol–water partition coefficient (Wildman–Crippen LogP) is 1.24.